The topological polar surface area (TPSA) is 43.8 Å². The highest BCUT2D eigenvalue weighted by Crippen LogP contribution is 2.37. The minimum Gasteiger partial charge on any atom is -0.382 e. The average molecular weight is 278 g/mol. The Labute approximate surface area is 121 Å². The molecule has 1 atom stereocenters. The molecular weight excluding hydrogens is 252 g/mol. The van der Waals surface area contributed by atoms with Gasteiger partial charge in [0, 0.05) is 38.3 Å². The number of aliphatic hydroxyl groups is 1. The molecule has 20 heavy (non-hydrogen) atoms. The Morgan fingerprint density at radius 1 is 0.900 bits per heavy atom. The van der Waals surface area contributed by atoms with Gasteiger partial charge in [0.05, 0.1) is 0 Å². The molecule has 0 aromatic heterocycles. The van der Waals surface area contributed by atoms with Crippen LogP contribution in [0.4, 0.5) is 0 Å². The van der Waals surface area contributed by atoms with Gasteiger partial charge < -0.3 is 14.9 Å². The molecule has 2 saturated heterocycles. The molecule has 0 aromatic carbocycles. The van der Waals surface area contributed by atoms with Crippen LogP contribution < -0.4 is 0 Å². The minimum atomic E-state index is -1.19. The van der Waals surface area contributed by atoms with Gasteiger partial charge in [-0.15, -0.1) is 0 Å². The molecule has 2 heterocycles. The molecule has 112 valence electrons. The van der Waals surface area contributed by atoms with Crippen LogP contribution in [-0.2, 0) is 4.79 Å². The van der Waals surface area contributed by atoms with Crippen molar-refractivity contribution >= 4 is 5.78 Å². The first-order valence-electron chi connectivity index (χ1n) is 8.10. The molecule has 0 aromatic rings. The number of ketones is 1. The lowest BCUT2D eigenvalue weighted by molar-refractivity contribution is -0.131. The maximum Gasteiger partial charge on any atom is 0.212 e. The number of nitrogens with zero attached hydrogens (tertiary/aromatic N) is 2. The van der Waals surface area contributed by atoms with E-state index >= 15 is 0 Å². The molecule has 3 rings (SSSR count). The van der Waals surface area contributed by atoms with E-state index in [0.29, 0.717) is 6.42 Å². The Hall–Kier alpha value is -1.03. The second kappa shape index (κ2) is 5.40. The van der Waals surface area contributed by atoms with Crippen LogP contribution in [0.2, 0.25) is 0 Å². The van der Waals surface area contributed by atoms with Crippen molar-refractivity contribution in [3.63, 3.8) is 0 Å². The molecule has 0 bridgehead atoms. The van der Waals surface area contributed by atoms with E-state index in [2.05, 4.69) is 9.80 Å². The Balaban J connectivity index is 1.90. The summed E-state index contributed by atoms with van der Waals surface area (Å²) in [5.41, 5.74) is 0.748. The molecule has 0 unspecified atom stereocenters. The maximum absolute atomic E-state index is 12.6. The van der Waals surface area contributed by atoms with Crippen LogP contribution in [0, 0.1) is 0 Å². The second-order valence-electron chi connectivity index (χ2n) is 6.67. The summed E-state index contributed by atoms with van der Waals surface area (Å²) in [5.74, 6) is -0.0556. The lowest BCUT2D eigenvalue weighted by Crippen LogP contribution is -2.38. The highest BCUT2D eigenvalue weighted by Gasteiger charge is 2.45. The number of carbonyl (C=O) groups excluding carboxylic acids is 1. The molecule has 2 fully saturated rings. The fourth-order valence-electron chi connectivity index (χ4n) is 3.75. The van der Waals surface area contributed by atoms with Gasteiger partial charge in [-0.25, -0.2) is 0 Å². The second-order valence-corrected chi connectivity index (χ2v) is 6.67. The van der Waals surface area contributed by atoms with Gasteiger partial charge in [0.1, 0.15) is 11.3 Å². The first kappa shape index (κ1) is 13.9. The zero-order valence-corrected chi connectivity index (χ0v) is 12.5. The molecule has 4 heteroatoms. The quantitative estimate of drug-likeness (QED) is 0.838. The Bertz CT molecular complexity index is 416. The lowest BCUT2D eigenvalue weighted by Gasteiger charge is -2.34. The van der Waals surface area contributed by atoms with Crippen molar-refractivity contribution in [2.24, 2.45) is 0 Å². The van der Waals surface area contributed by atoms with Gasteiger partial charge in [0.2, 0.25) is 5.78 Å². The van der Waals surface area contributed by atoms with E-state index < -0.39 is 5.60 Å². The third-order valence-electron chi connectivity index (χ3n) is 4.90. The molecule has 0 radical (unpaired) electrons. The fourth-order valence-corrected chi connectivity index (χ4v) is 3.75. The number of rotatable bonds is 2. The van der Waals surface area contributed by atoms with E-state index in [1.54, 1.807) is 6.92 Å². The smallest absolute Gasteiger partial charge is 0.212 e. The van der Waals surface area contributed by atoms with Gasteiger partial charge in [-0.05, 0) is 45.4 Å². The molecule has 0 saturated carbocycles. The Kier molecular flexibility index (Phi) is 3.76. The number of Topliss-reactive ketones (excluding diaryl/α,β-unsaturated/α-hetero) is 1. The summed E-state index contributed by atoms with van der Waals surface area (Å²) >= 11 is 0. The van der Waals surface area contributed by atoms with Crippen LogP contribution in [0.5, 0.6) is 0 Å². The van der Waals surface area contributed by atoms with Crippen molar-refractivity contribution in [3.05, 3.63) is 11.4 Å². The zero-order valence-electron chi connectivity index (χ0n) is 12.5. The van der Waals surface area contributed by atoms with Gasteiger partial charge in [-0.2, -0.15) is 0 Å². The van der Waals surface area contributed by atoms with Gasteiger partial charge >= 0.3 is 0 Å². The van der Waals surface area contributed by atoms with Crippen LogP contribution in [0.1, 0.15) is 51.9 Å². The molecule has 3 aliphatic rings. The van der Waals surface area contributed by atoms with Crippen molar-refractivity contribution in [2.75, 3.05) is 26.2 Å². The predicted molar refractivity (Wildman–Crippen MR) is 78.1 cm³/mol. The van der Waals surface area contributed by atoms with E-state index in [1.807, 2.05) is 0 Å². The van der Waals surface area contributed by atoms with Gasteiger partial charge in [0.25, 0.3) is 0 Å². The Morgan fingerprint density at radius 3 is 1.95 bits per heavy atom. The van der Waals surface area contributed by atoms with Crippen molar-refractivity contribution in [1.82, 2.24) is 9.80 Å². The normalized spacial score (nSPS) is 32.2. The van der Waals surface area contributed by atoms with Crippen molar-refractivity contribution in [2.45, 2.75) is 57.5 Å². The predicted octanol–water partition coefficient (Wildman–Crippen LogP) is 1.89. The van der Waals surface area contributed by atoms with Gasteiger partial charge in [0.15, 0.2) is 0 Å². The number of likely N-dealkylation sites (tertiary alicyclic amines) is 2. The van der Waals surface area contributed by atoms with Crippen LogP contribution in [-0.4, -0.2) is 52.5 Å². The van der Waals surface area contributed by atoms with Gasteiger partial charge in [-0.3, -0.25) is 4.79 Å². The maximum atomic E-state index is 12.6. The van der Waals surface area contributed by atoms with E-state index in [4.69, 9.17) is 0 Å². The number of hydrogen-bond acceptors (Lipinski definition) is 4. The molecule has 1 aliphatic carbocycles. The molecular formula is C16H26N2O2. The zero-order chi connectivity index (χ0) is 14.2. The van der Waals surface area contributed by atoms with Crippen LogP contribution >= 0.6 is 0 Å². The Morgan fingerprint density at radius 2 is 1.40 bits per heavy atom. The summed E-state index contributed by atoms with van der Waals surface area (Å²) in [6.07, 6.45) is 7.76. The number of hydrogen-bond donors (Lipinski definition) is 1. The molecule has 0 amide bonds. The van der Waals surface area contributed by atoms with E-state index in [1.165, 1.54) is 25.7 Å². The summed E-state index contributed by atoms with van der Waals surface area (Å²) in [6, 6.07) is 0. The first-order chi connectivity index (χ1) is 9.59. The van der Waals surface area contributed by atoms with E-state index in [9.17, 15) is 9.90 Å². The summed E-state index contributed by atoms with van der Waals surface area (Å²) in [7, 11) is 0. The lowest BCUT2D eigenvalue weighted by atomic mass is 10.0. The van der Waals surface area contributed by atoms with E-state index in [0.717, 1.165) is 50.4 Å². The molecule has 1 N–H and O–H groups in total. The number of piperidine rings is 2. The SMILES string of the molecule is C[C@]1(O)CC(N2CCCCC2)=C(N2CCCCC2)C1=O. The highest BCUT2D eigenvalue weighted by molar-refractivity contribution is 6.04. The van der Waals surface area contributed by atoms with Gasteiger partial charge in [-0.1, -0.05) is 0 Å². The summed E-state index contributed by atoms with van der Waals surface area (Å²) in [5, 5.41) is 10.4. The average Bonchev–Trinajstić information content (AvgIpc) is 2.72. The molecule has 4 nitrogen and oxygen atoms in total. The summed E-state index contributed by atoms with van der Waals surface area (Å²) in [6.45, 7) is 5.69. The van der Waals surface area contributed by atoms with Crippen molar-refractivity contribution < 1.29 is 9.90 Å². The largest absolute Gasteiger partial charge is 0.382 e. The third kappa shape index (κ3) is 2.46. The molecule has 2 aliphatic heterocycles. The van der Waals surface area contributed by atoms with Crippen molar-refractivity contribution in [3.8, 4) is 0 Å². The van der Waals surface area contributed by atoms with Crippen LogP contribution in [0.15, 0.2) is 11.4 Å². The van der Waals surface area contributed by atoms with Crippen molar-refractivity contribution in [1.29, 1.82) is 0 Å². The van der Waals surface area contributed by atoms with Crippen LogP contribution in [0.3, 0.4) is 0 Å². The number of carbonyl (C=O) groups is 1. The molecule has 0 spiro atoms. The third-order valence-corrected chi connectivity index (χ3v) is 4.90. The monoisotopic (exact) mass is 278 g/mol. The minimum absolute atomic E-state index is 0.0556. The standard InChI is InChI=1S/C16H26N2O2/c1-16(20)12-13(17-8-4-2-5-9-17)14(15(16)19)18-10-6-3-7-11-18/h20H,2-12H2,1H3/t16-/m0/s1. The summed E-state index contributed by atoms with van der Waals surface area (Å²) < 4.78 is 0. The summed E-state index contributed by atoms with van der Waals surface area (Å²) in [4.78, 5) is 17.2. The first-order valence-corrected chi connectivity index (χ1v) is 8.10. The fraction of sp³-hybridized carbons (Fsp3) is 0.812. The van der Waals surface area contributed by atoms with Crippen LogP contribution in [0.25, 0.3) is 0 Å². The highest BCUT2D eigenvalue weighted by atomic mass is 16.3. The van der Waals surface area contributed by atoms with E-state index in [-0.39, 0.29) is 5.78 Å².